The summed E-state index contributed by atoms with van der Waals surface area (Å²) in [7, 11) is 8.90. The lowest BCUT2D eigenvalue weighted by Crippen LogP contribution is -2.34. The van der Waals surface area contributed by atoms with E-state index in [-0.39, 0.29) is 11.9 Å². The van der Waals surface area contributed by atoms with E-state index in [1.165, 1.54) is 0 Å². The third kappa shape index (κ3) is 5.89. The fourth-order valence-corrected chi connectivity index (χ4v) is 3.05. The maximum atomic E-state index is 12.4. The molecule has 0 aliphatic rings. The zero-order valence-corrected chi connectivity index (χ0v) is 17.3. The second kappa shape index (κ2) is 10.6. The molecule has 1 amide bonds. The summed E-state index contributed by atoms with van der Waals surface area (Å²) in [6.07, 6.45) is 0.966. The fraction of sp³-hybridized carbons (Fsp3) is 0.409. The number of amides is 1. The maximum absolute atomic E-state index is 12.4. The number of hydrogen-bond acceptors (Lipinski definition) is 5. The zero-order chi connectivity index (χ0) is 20.5. The van der Waals surface area contributed by atoms with Crippen molar-refractivity contribution in [3.63, 3.8) is 0 Å². The first-order valence-electron chi connectivity index (χ1n) is 9.26. The maximum Gasteiger partial charge on any atom is 0.220 e. The van der Waals surface area contributed by atoms with Crippen LogP contribution in [0.3, 0.4) is 0 Å². The molecule has 0 aliphatic carbocycles. The highest BCUT2D eigenvalue weighted by atomic mass is 16.5. The molecule has 1 unspecified atom stereocenters. The van der Waals surface area contributed by atoms with Crippen molar-refractivity contribution in [2.75, 3.05) is 42.0 Å². The number of ether oxygens (including phenoxy) is 3. The van der Waals surface area contributed by atoms with Gasteiger partial charge in [-0.25, -0.2) is 0 Å². The van der Waals surface area contributed by atoms with Crippen molar-refractivity contribution in [1.29, 1.82) is 0 Å². The van der Waals surface area contributed by atoms with Gasteiger partial charge in [0.2, 0.25) is 5.91 Å². The molecule has 6 nitrogen and oxygen atoms in total. The number of nitrogens with zero attached hydrogens (tertiary/aromatic N) is 1. The van der Waals surface area contributed by atoms with Gasteiger partial charge in [-0.15, -0.1) is 0 Å². The van der Waals surface area contributed by atoms with Gasteiger partial charge in [0.1, 0.15) is 17.2 Å². The van der Waals surface area contributed by atoms with E-state index in [4.69, 9.17) is 14.2 Å². The Kier molecular flexibility index (Phi) is 8.14. The van der Waals surface area contributed by atoms with Crippen LogP contribution < -0.4 is 19.5 Å². The van der Waals surface area contributed by atoms with Crippen LogP contribution in [0, 0.1) is 0 Å². The highest BCUT2D eigenvalue weighted by Gasteiger charge is 2.16. The number of rotatable bonds is 10. The molecule has 0 heterocycles. The molecule has 2 aromatic carbocycles. The standard InChI is InChI=1S/C22H30N2O4/c1-24(2)20(16-6-9-18(26-3)10-7-16)15-23-22(25)13-8-17-14-19(27-4)11-12-21(17)28-5/h6-7,9-12,14,20H,8,13,15H2,1-5H3,(H,23,25). The molecule has 1 atom stereocenters. The summed E-state index contributed by atoms with van der Waals surface area (Å²) in [5.74, 6) is 2.34. The molecule has 0 saturated carbocycles. The predicted octanol–water partition coefficient (Wildman–Crippen LogP) is 3.06. The molecular formula is C22H30N2O4. The van der Waals surface area contributed by atoms with E-state index in [1.807, 2.05) is 56.6 Å². The van der Waals surface area contributed by atoms with Gasteiger partial charge in [-0.2, -0.15) is 0 Å². The van der Waals surface area contributed by atoms with Gasteiger partial charge in [-0.05, 0) is 62.0 Å². The topological polar surface area (TPSA) is 60.0 Å². The molecule has 1 N–H and O–H groups in total. The lowest BCUT2D eigenvalue weighted by atomic mass is 10.1. The van der Waals surface area contributed by atoms with E-state index in [9.17, 15) is 4.79 Å². The van der Waals surface area contributed by atoms with Crippen molar-refractivity contribution in [2.24, 2.45) is 0 Å². The molecule has 0 aromatic heterocycles. The molecular weight excluding hydrogens is 356 g/mol. The smallest absolute Gasteiger partial charge is 0.220 e. The molecule has 2 rings (SSSR count). The van der Waals surface area contributed by atoms with Crippen LogP contribution in [0.1, 0.15) is 23.6 Å². The third-order valence-corrected chi connectivity index (χ3v) is 4.73. The van der Waals surface area contributed by atoms with Crippen LogP contribution in [-0.4, -0.2) is 52.8 Å². The summed E-state index contributed by atoms with van der Waals surface area (Å²) >= 11 is 0. The van der Waals surface area contributed by atoms with E-state index >= 15 is 0 Å². The van der Waals surface area contributed by atoms with Crippen molar-refractivity contribution in [1.82, 2.24) is 10.2 Å². The Bertz CT molecular complexity index is 760. The minimum absolute atomic E-state index is 0.00485. The van der Waals surface area contributed by atoms with Crippen LogP contribution in [0.4, 0.5) is 0 Å². The first kappa shape index (κ1) is 21.6. The van der Waals surface area contributed by atoms with Crippen molar-refractivity contribution in [3.05, 3.63) is 53.6 Å². The Labute approximate surface area is 167 Å². The van der Waals surface area contributed by atoms with Gasteiger partial charge in [0.05, 0.1) is 27.4 Å². The minimum atomic E-state index is 0.00485. The molecule has 28 heavy (non-hydrogen) atoms. The molecule has 2 aromatic rings. The van der Waals surface area contributed by atoms with Gasteiger partial charge in [0.15, 0.2) is 0 Å². The number of benzene rings is 2. The Morgan fingerprint density at radius 2 is 1.61 bits per heavy atom. The lowest BCUT2D eigenvalue weighted by Gasteiger charge is -2.25. The normalized spacial score (nSPS) is 11.8. The predicted molar refractivity (Wildman–Crippen MR) is 110 cm³/mol. The van der Waals surface area contributed by atoms with Gasteiger partial charge in [0, 0.05) is 13.0 Å². The van der Waals surface area contributed by atoms with Crippen LogP contribution >= 0.6 is 0 Å². The lowest BCUT2D eigenvalue weighted by molar-refractivity contribution is -0.121. The molecule has 0 radical (unpaired) electrons. The van der Waals surface area contributed by atoms with E-state index in [0.29, 0.717) is 19.4 Å². The number of methoxy groups -OCH3 is 3. The second-order valence-electron chi connectivity index (χ2n) is 6.73. The summed E-state index contributed by atoms with van der Waals surface area (Å²) in [5.41, 5.74) is 2.08. The molecule has 0 saturated heterocycles. The second-order valence-corrected chi connectivity index (χ2v) is 6.73. The molecule has 0 fully saturated rings. The van der Waals surface area contributed by atoms with Gasteiger partial charge >= 0.3 is 0 Å². The Hall–Kier alpha value is -2.73. The van der Waals surface area contributed by atoms with Gasteiger partial charge in [-0.3, -0.25) is 4.79 Å². The first-order valence-corrected chi connectivity index (χ1v) is 9.26. The summed E-state index contributed by atoms with van der Waals surface area (Å²) in [6, 6.07) is 13.6. The highest BCUT2D eigenvalue weighted by Crippen LogP contribution is 2.25. The largest absolute Gasteiger partial charge is 0.497 e. The summed E-state index contributed by atoms with van der Waals surface area (Å²) in [6.45, 7) is 0.535. The Balaban J connectivity index is 1.94. The zero-order valence-electron chi connectivity index (χ0n) is 17.3. The number of carbonyl (C=O) groups excluding carboxylic acids is 1. The highest BCUT2D eigenvalue weighted by molar-refractivity contribution is 5.76. The summed E-state index contributed by atoms with van der Waals surface area (Å²) < 4.78 is 15.9. The number of nitrogens with one attached hydrogen (secondary N) is 1. The fourth-order valence-electron chi connectivity index (χ4n) is 3.05. The minimum Gasteiger partial charge on any atom is -0.497 e. The van der Waals surface area contributed by atoms with Crippen LogP contribution in [0.15, 0.2) is 42.5 Å². The van der Waals surface area contributed by atoms with Crippen molar-refractivity contribution in [3.8, 4) is 17.2 Å². The van der Waals surface area contributed by atoms with Crippen LogP contribution in [0.5, 0.6) is 17.2 Å². The van der Waals surface area contributed by atoms with E-state index in [0.717, 1.165) is 28.4 Å². The van der Waals surface area contributed by atoms with Gasteiger partial charge in [0.25, 0.3) is 0 Å². The Morgan fingerprint density at radius 3 is 2.18 bits per heavy atom. The van der Waals surface area contributed by atoms with Crippen LogP contribution in [0.2, 0.25) is 0 Å². The third-order valence-electron chi connectivity index (χ3n) is 4.73. The van der Waals surface area contributed by atoms with E-state index in [1.54, 1.807) is 21.3 Å². The number of hydrogen-bond donors (Lipinski definition) is 1. The van der Waals surface area contributed by atoms with Crippen molar-refractivity contribution >= 4 is 5.91 Å². The average Bonchev–Trinajstić information content (AvgIpc) is 2.72. The SMILES string of the molecule is COc1ccc(C(CNC(=O)CCc2cc(OC)ccc2OC)N(C)C)cc1. The first-order chi connectivity index (χ1) is 13.5. The van der Waals surface area contributed by atoms with E-state index < -0.39 is 0 Å². The van der Waals surface area contributed by atoms with Crippen LogP contribution in [0.25, 0.3) is 0 Å². The Morgan fingerprint density at radius 1 is 0.964 bits per heavy atom. The molecule has 6 heteroatoms. The van der Waals surface area contributed by atoms with Crippen molar-refractivity contribution < 1.29 is 19.0 Å². The molecule has 0 aliphatic heterocycles. The molecule has 0 bridgehead atoms. The monoisotopic (exact) mass is 386 g/mol. The molecule has 0 spiro atoms. The average molecular weight is 386 g/mol. The summed E-state index contributed by atoms with van der Waals surface area (Å²) in [5, 5.41) is 3.04. The number of aryl methyl sites for hydroxylation is 1. The van der Waals surface area contributed by atoms with Crippen LogP contribution in [-0.2, 0) is 11.2 Å². The summed E-state index contributed by atoms with van der Waals surface area (Å²) in [4.78, 5) is 14.5. The quantitative estimate of drug-likeness (QED) is 0.680. The number of carbonyl (C=O) groups is 1. The number of likely N-dealkylation sites (N-methyl/N-ethyl adjacent to an activating group) is 1. The molecule has 152 valence electrons. The van der Waals surface area contributed by atoms with Gasteiger partial charge in [-0.1, -0.05) is 12.1 Å². The van der Waals surface area contributed by atoms with E-state index in [2.05, 4.69) is 10.2 Å². The van der Waals surface area contributed by atoms with Gasteiger partial charge < -0.3 is 24.4 Å². The van der Waals surface area contributed by atoms with Crippen molar-refractivity contribution in [2.45, 2.75) is 18.9 Å².